The summed E-state index contributed by atoms with van der Waals surface area (Å²) in [6, 6.07) is 6.26. The van der Waals surface area contributed by atoms with E-state index in [1.54, 1.807) is 0 Å². The van der Waals surface area contributed by atoms with Gasteiger partial charge in [-0.3, -0.25) is 4.79 Å². The topological polar surface area (TPSA) is 72.3 Å². The van der Waals surface area contributed by atoms with Gasteiger partial charge in [-0.05, 0) is 56.8 Å². The van der Waals surface area contributed by atoms with E-state index >= 15 is 0 Å². The van der Waals surface area contributed by atoms with Gasteiger partial charge in [0.2, 0.25) is 0 Å². The van der Waals surface area contributed by atoms with Crippen molar-refractivity contribution < 1.29 is 4.79 Å². The lowest BCUT2D eigenvalue weighted by Gasteiger charge is -2.35. The molecule has 2 unspecified atom stereocenters. The van der Waals surface area contributed by atoms with Crippen molar-refractivity contribution in [2.45, 2.75) is 39.2 Å². The molecular formula is C16H25N3O. The Hall–Kier alpha value is -1.55. The van der Waals surface area contributed by atoms with Crippen molar-refractivity contribution in [2.24, 2.45) is 17.4 Å². The van der Waals surface area contributed by atoms with Gasteiger partial charge < -0.3 is 16.4 Å². The highest BCUT2D eigenvalue weighted by atomic mass is 16.1. The molecule has 4 heteroatoms. The molecule has 1 aromatic carbocycles. The SMILES string of the molecule is CCN(c1cc(C)ccc1C(N)=O)C1CCCC1CN. The second-order valence-electron chi connectivity index (χ2n) is 5.66. The van der Waals surface area contributed by atoms with Crippen molar-refractivity contribution in [3.8, 4) is 0 Å². The van der Waals surface area contributed by atoms with Gasteiger partial charge in [-0.25, -0.2) is 0 Å². The van der Waals surface area contributed by atoms with Crippen LogP contribution in [0.2, 0.25) is 0 Å². The van der Waals surface area contributed by atoms with Gasteiger partial charge in [0.1, 0.15) is 0 Å². The van der Waals surface area contributed by atoms with E-state index in [0.29, 0.717) is 24.1 Å². The standard InChI is InChI=1S/C16H25N3O/c1-3-19(14-6-4-5-12(14)10-17)15-9-11(2)7-8-13(15)16(18)20/h7-9,12,14H,3-6,10,17H2,1-2H3,(H2,18,20). The van der Waals surface area contributed by atoms with Gasteiger partial charge in [0.05, 0.1) is 11.3 Å². The molecule has 1 amide bonds. The lowest BCUT2D eigenvalue weighted by molar-refractivity contribution is 0.100. The highest BCUT2D eigenvalue weighted by molar-refractivity contribution is 5.98. The van der Waals surface area contributed by atoms with Crippen molar-refractivity contribution in [3.63, 3.8) is 0 Å². The first kappa shape index (κ1) is 14.9. The number of carbonyl (C=O) groups excluding carboxylic acids is 1. The maximum absolute atomic E-state index is 11.7. The number of primary amides is 1. The molecule has 2 atom stereocenters. The summed E-state index contributed by atoms with van der Waals surface area (Å²) in [5.41, 5.74) is 14.2. The van der Waals surface area contributed by atoms with Gasteiger partial charge in [0, 0.05) is 12.6 Å². The fraction of sp³-hybridized carbons (Fsp3) is 0.562. The number of amides is 1. The Morgan fingerprint density at radius 2 is 2.15 bits per heavy atom. The molecule has 1 saturated carbocycles. The number of nitrogens with two attached hydrogens (primary N) is 2. The van der Waals surface area contributed by atoms with Crippen LogP contribution in [0, 0.1) is 12.8 Å². The third kappa shape index (κ3) is 2.80. The van der Waals surface area contributed by atoms with Crippen LogP contribution in [0.25, 0.3) is 0 Å². The number of nitrogens with zero attached hydrogens (tertiary/aromatic N) is 1. The van der Waals surface area contributed by atoms with E-state index in [2.05, 4.69) is 17.9 Å². The van der Waals surface area contributed by atoms with Crippen molar-refractivity contribution in [1.29, 1.82) is 0 Å². The third-order valence-electron chi connectivity index (χ3n) is 4.39. The first-order valence-electron chi connectivity index (χ1n) is 7.45. The minimum absolute atomic E-state index is 0.360. The highest BCUT2D eigenvalue weighted by Crippen LogP contribution is 2.34. The first-order chi connectivity index (χ1) is 9.58. The maximum atomic E-state index is 11.7. The van der Waals surface area contributed by atoms with Crippen LogP contribution >= 0.6 is 0 Å². The van der Waals surface area contributed by atoms with Crippen molar-refractivity contribution in [3.05, 3.63) is 29.3 Å². The second-order valence-corrected chi connectivity index (χ2v) is 5.66. The molecule has 0 saturated heterocycles. The zero-order chi connectivity index (χ0) is 14.7. The highest BCUT2D eigenvalue weighted by Gasteiger charge is 2.32. The van der Waals surface area contributed by atoms with E-state index < -0.39 is 0 Å². The monoisotopic (exact) mass is 275 g/mol. The average Bonchev–Trinajstić information content (AvgIpc) is 2.87. The minimum Gasteiger partial charge on any atom is -0.368 e. The number of hydrogen-bond donors (Lipinski definition) is 2. The molecule has 1 fully saturated rings. The Balaban J connectivity index is 2.40. The van der Waals surface area contributed by atoms with Crippen LogP contribution in [-0.4, -0.2) is 25.0 Å². The molecule has 20 heavy (non-hydrogen) atoms. The third-order valence-corrected chi connectivity index (χ3v) is 4.39. The smallest absolute Gasteiger partial charge is 0.250 e. The summed E-state index contributed by atoms with van der Waals surface area (Å²) < 4.78 is 0. The van der Waals surface area contributed by atoms with E-state index in [9.17, 15) is 4.79 Å². The molecule has 0 heterocycles. The van der Waals surface area contributed by atoms with Crippen LogP contribution in [0.4, 0.5) is 5.69 Å². The molecule has 0 bridgehead atoms. The molecule has 2 rings (SSSR count). The molecule has 0 aromatic heterocycles. The fourth-order valence-corrected chi connectivity index (χ4v) is 3.37. The normalized spacial score (nSPS) is 21.9. The Labute approximate surface area is 121 Å². The summed E-state index contributed by atoms with van der Waals surface area (Å²) in [7, 11) is 0. The van der Waals surface area contributed by atoms with Gasteiger partial charge in [-0.15, -0.1) is 0 Å². The summed E-state index contributed by atoms with van der Waals surface area (Å²) in [5, 5.41) is 0. The number of carbonyl (C=O) groups is 1. The number of benzene rings is 1. The fourth-order valence-electron chi connectivity index (χ4n) is 3.37. The predicted octanol–water partition coefficient (Wildman–Crippen LogP) is 2.05. The zero-order valence-electron chi connectivity index (χ0n) is 12.4. The Kier molecular flexibility index (Phi) is 4.65. The molecule has 4 nitrogen and oxygen atoms in total. The van der Waals surface area contributed by atoms with E-state index in [1.807, 2.05) is 19.1 Å². The molecule has 4 N–H and O–H groups in total. The Morgan fingerprint density at radius 3 is 2.75 bits per heavy atom. The number of anilines is 1. The summed E-state index contributed by atoms with van der Waals surface area (Å²) >= 11 is 0. The molecular weight excluding hydrogens is 250 g/mol. The van der Waals surface area contributed by atoms with Crippen molar-refractivity contribution in [2.75, 3.05) is 18.0 Å². The van der Waals surface area contributed by atoms with Crippen molar-refractivity contribution in [1.82, 2.24) is 0 Å². The largest absolute Gasteiger partial charge is 0.368 e. The summed E-state index contributed by atoms with van der Waals surface area (Å²) in [4.78, 5) is 14.0. The molecule has 0 radical (unpaired) electrons. The van der Waals surface area contributed by atoms with Crippen LogP contribution in [0.1, 0.15) is 42.1 Å². The maximum Gasteiger partial charge on any atom is 0.250 e. The lowest BCUT2D eigenvalue weighted by Crippen LogP contribution is -2.41. The quantitative estimate of drug-likeness (QED) is 0.864. The van der Waals surface area contributed by atoms with E-state index in [1.165, 1.54) is 12.8 Å². The van der Waals surface area contributed by atoms with E-state index in [4.69, 9.17) is 11.5 Å². The van der Waals surface area contributed by atoms with Gasteiger partial charge in [0.15, 0.2) is 0 Å². The summed E-state index contributed by atoms with van der Waals surface area (Å²) in [6.07, 6.45) is 3.53. The molecule has 1 aromatic rings. The number of hydrogen-bond acceptors (Lipinski definition) is 3. The predicted molar refractivity (Wildman–Crippen MR) is 82.9 cm³/mol. The molecule has 110 valence electrons. The average molecular weight is 275 g/mol. The molecule has 1 aliphatic rings. The van der Waals surface area contributed by atoms with Crippen LogP contribution in [0.5, 0.6) is 0 Å². The van der Waals surface area contributed by atoms with Gasteiger partial charge >= 0.3 is 0 Å². The Morgan fingerprint density at radius 1 is 1.40 bits per heavy atom. The number of rotatable bonds is 5. The van der Waals surface area contributed by atoms with Crippen LogP contribution in [0.15, 0.2) is 18.2 Å². The first-order valence-corrected chi connectivity index (χ1v) is 7.45. The van der Waals surface area contributed by atoms with Gasteiger partial charge in [-0.1, -0.05) is 12.5 Å². The number of aryl methyl sites for hydroxylation is 1. The zero-order valence-corrected chi connectivity index (χ0v) is 12.4. The van der Waals surface area contributed by atoms with E-state index in [0.717, 1.165) is 24.2 Å². The molecule has 0 aliphatic heterocycles. The lowest BCUT2D eigenvalue weighted by atomic mass is 9.99. The minimum atomic E-state index is -0.360. The van der Waals surface area contributed by atoms with Crippen LogP contribution < -0.4 is 16.4 Å². The van der Waals surface area contributed by atoms with Gasteiger partial charge in [-0.2, -0.15) is 0 Å². The van der Waals surface area contributed by atoms with Crippen molar-refractivity contribution >= 4 is 11.6 Å². The molecule has 1 aliphatic carbocycles. The Bertz CT molecular complexity index is 487. The van der Waals surface area contributed by atoms with Gasteiger partial charge in [0.25, 0.3) is 5.91 Å². The van der Waals surface area contributed by atoms with Crippen LogP contribution in [-0.2, 0) is 0 Å². The van der Waals surface area contributed by atoms with Crippen LogP contribution in [0.3, 0.4) is 0 Å². The summed E-state index contributed by atoms with van der Waals surface area (Å²) in [5.74, 6) is 0.150. The summed E-state index contributed by atoms with van der Waals surface area (Å²) in [6.45, 7) is 5.74. The second kappa shape index (κ2) is 6.27. The van der Waals surface area contributed by atoms with E-state index in [-0.39, 0.29) is 5.91 Å². The molecule has 0 spiro atoms.